The van der Waals surface area contributed by atoms with E-state index in [-0.39, 0.29) is 5.91 Å². The normalized spacial score (nSPS) is 14.2. The number of aryl methyl sites for hydroxylation is 1. The zero-order chi connectivity index (χ0) is 19.3. The second-order valence-electron chi connectivity index (χ2n) is 7.39. The molecule has 146 valence electrons. The van der Waals surface area contributed by atoms with E-state index in [2.05, 4.69) is 58.2 Å². The number of nitrogens with one attached hydrogen (secondary N) is 1. The summed E-state index contributed by atoms with van der Waals surface area (Å²) in [6, 6.07) is 10.6. The molecule has 28 heavy (non-hydrogen) atoms. The van der Waals surface area contributed by atoms with E-state index < -0.39 is 0 Å². The van der Waals surface area contributed by atoms with Crippen molar-refractivity contribution in [3.05, 3.63) is 53.1 Å². The largest absolute Gasteiger partial charge is 0.350 e. The number of para-hydroxylation sites is 1. The Balaban J connectivity index is 1.48. The lowest BCUT2D eigenvalue weighted by atomic mass is 9.97. The highest BCUT2D eigenvalue weighted by molar-refractivity contribution is 7.13. The molecule has 1 aromatic carbocycles. The van der Waals surface area contributed by atoms with Gasteiger partial charge in [0.25, 0.3) is 5.91 Å². The minimum Gasteiger partial charge on any atom is -0.350 e. The molecule has 1 amide bonds. The molecule has 1 N–H and O–H groups in total. The van der Waals surface area contributed by atoms with Gasteiger partial charge in [-0.05, 0) is 50.7 Å². The fraction of sp³-hybridized carbons (Fsp3) is 0.391. The van der Waals surface area contributed by atoms with Gasteiger partial charge >= 0.3 is 0 Å². The van der Waals surface area contributed by atoms with Crippen LogP contribution in [0.5, 0.6) is 0 Å². The second kappa shape index (κ2) is 8.74. The molecule has 4 nitrogen and oxygen atoms in total. The number of benzene rings is 1. The van der Waals surface area contributed by atoms with E-state index in [0.29, 0.717) is 12.2 Å². The van der Waals surface area contributed by atoms with Gasteiger partial charge in [-0.1, -0.05) is 36.8 Å². The van der Waals surface area contributed by atoms with Crippen molar-refractivity contribution in [1.82, 2.24) is 14.9 Å². The van der Waals surface area contributed by atoms with Gasteiger partial charge in [0.1, 0.15) is 10.7 Å². The maximum Gasteiger partial charge on any atom is 0.270 e. The van der Waals surface area contributed by atoms with E-state index in [1.165, 1.54) is 42.2 Å². The van der Waals surface area contributed by atoms with Crippen molar-refractivity contribution in [1.29, 1.82) is 0 Å². The second-order valence-corrected chi connectivity index (χ2v) is 8.25. The van der Waals surface area contributed by atoms with E-state index in [0.717, 1.165) is 30.1 Å². The van der Waals surface area contributed by atoms with E-state index in [9.17, 15) is 4.79 Å². The van der Waals surface area contributed by atoms with Crippen LogP contribution in [0, 0.1) is 0 Å². The Kier molecular flexibility index (Phi) is 5.91. The van der Waals surface area contributed by atoms with Gasteiger partial charge in [0.05, 0.1) is 5.69 Å². The molecule has 0 atom stereocenters. The number of aromatic nitrogens is 2. The molecule has 4 rings (SSSR count). The summed E-state index contributed by atoms with van der Waals surface area (Å²) in [7, 11) is 0. The van der Waals surface area contributed by atoms with Crippen LogP contribution in [0.4, 0.5) is 0 Å². The predicted molar refractivity (Wildman–Crippen MR) is 117 cm³/mol. The Labute approximate surface area is 170 Å². The smallest absolute Gasteiger partial charge is 0.270 e. The summed E-state index contributed by atoms with van der Waals surface area (Å²) in [5.74, 6) is -0.0722. The minimum absolute atomic E-state index is 0.0722. The van der Waals surface area contributed by atoms with Crippen LogP contribution >= 0.6 is 11.3 Å². The van der Waals surface area contributed by atoms with E-state index in [4.69, 9.17) is 0 Å². The van der Waals surface area contributed by atoms with Crippen molar-refractivity contribution < 1.29 is 4.79 Å². The first-order chi connectivity index (χ1) is 13.8. The third-order valence-electron chi connectivity index (χ3n) is 5.33. The Morgan fingerprint density at radius 1 is 1.29 bits per heavy atom. The van der Waals surface area contributed by atoms with Gasteiger partial charge in [-0.25, -0.2) is 4.98 Å². The molecule has 0 unspecified atom stereocenters. The molecule has 3 aromatic rings. The number of amides is 1. The zero-order valence-corrected chi connectivity index (χ0v) is 17.2. The lowest BCUT2D eigenvalue weighted by molar-refractivity contribution is 0.0950. The number of fused-ring (bicyclic) bond motifs is 1. The Morgan fingerprint density at radius 2 is 2.18 bits per heavy atom. The monoisotopic (exact) mass is 393 g/mol. The lowest BCUT2D eigenvalue weighted by Crippen LogP contribution is -2.25. The number of rotatable bonds is 7. The fourth-order valence-electron chi connectivity index (χ4n) is 3.91. The first kappa shape index (κ1) is 18.9. The molecule has 2 aromatic heterocycles. The quantitative estimate of drug-likeness (QED) is 0.516. The number of hydrogen-bond donors (Lipinski definition) is 1. The van der Waals surface area contributed by atoms with E-state index in [1.54, 1.807) is 11.3 Å². The standard InChI is InChI=1S/C23H27N3OS/c1-2-14-26-20-11-7-6-10-18(20)15-21(26)23-25-19(16-28-23)22(27)24-13-12-17-8-4-3-5-9-17/h6-8,10-11,15-16H,2-5,9,12-14H2,1H3,(H,24,27). The van der Waals surface area contributed by atoms with Crippen LogP contribution in [0.15, 0.2) is 47.4 Å². The molecule has 5 heteroatoms. The molecule has 2 heterocycles. The average molecular weight is 394 g/mol. The highest BCUT2D eigenvalue weighted by atomic mass is 32.1. The zero-order valence-electron chi connectivity index (χ0n) is 16.4. The first-order valence-corrected chi connectivity index (χ1v) is 11.1. The number of allylic oxidation sites excluding steroid dienone is 1. The summed E-state index contributed by atoms with van der Waals surface area (Å²) in [6.07, 6.45) is 9.28. The molecule has 0 spiro atoms. The Hall–Kier alpha value is -2.40. The van der Waals surface area contributed by atoms with Gasteiger partial charge in [-0.15, -0.1) is 11.3 Å². The van der Waals surface area contributed by atoms with Crippen LogP contribution in [0.1, 0.15) is 55.9 Å². The molecule has 0 radical (unpaired) electrons. The van der Waals surface area contributed by atoms with Gasteiger partial charge in [-0.2, -0.15) is 0 Å². The van der Waals surface area contributed by atoms with Crippen LogP contribution in [-0.2, 0) is 6.54 Å². The first-order valence-electron chi connectivity index (χ1n) is 10.3. The maximum absolute atomic E-state index is 12.5. The van der Waals surface area contributed by atoms with Crippen LogP contribution in [0.25, 0.3) is 21.6 Å². The molecular formula is C23H27N3OS. The number of hydrogen-bond acceptors (Lipinski definition) is 3. The molecule has 0 aliphatic heterocycles. The lowest BCUT2D eigenvalue weighted by Gasteiger charge is -2.12. The van der Waals surface area contributed by atoms with Gasteiger partial charge < -0.3 is 9.88 Å². The SMILES string of the molecule is CCCn1c(-c2nc(C(=O)NCCC3=CCCCC3)cs2)cc2ccccc21. The van der Waals surface area contributed by atoms with Crippen LogP contribution < -0.4 is 5.32 Å². The van der Waals surface area contributed by atoms with Gasteiger partial charge in [0.2, 0.25) is 0 Å². The van der Waals surface area contributed by atoms with Gasteiger partial charge in [0.15, 0.2) is 0 Å². The Morgan fingerprint density at radius 3 is 3.00 bits per heavy atom. The van der Waals surface area contributed by atoms with Crippen LogP contribution in [0.3, 0.4) is 0 Å². The van der Waals surface area contributed by atoms with Crippen LogP contribution in [-0.4, -0.2) is 22.0 Å². The summed E-state index contributed by atoms with van der Waals surface area (Å²) in [5.41, 5.74) is 4.32. The summed E-state index contributed by atoms with van der Waals surface area (Å²) >= 11 is 1.54. The fourth-order valence-corrected chi connectivity index (χ4v) is 4.73. The minimum atomic E-state index is -0.0722. The highest BCUT2D eigenvalue weighted by Crippen LogP contribution is 2.30. The van der Waals surface area contributed by atoms with Crippen molar-refractivity contribution >= 4 is 28.1 Å². The third-order valence-corrected chi connectivity index (χ3v) is 6.20. The summed E-state index contributed by atoms with van der Waals surface area (Å²) in [5, 5.41) is 7.03. The summed E-state index contributed by atoms with van der Waals surface area (Å²) in [6.45, 7) is 3.81. The molecule has 1 aliphatic carbocycles. The third kappa shape index (κ3) is 4.04. The average Bonchev–Trinajstić information content (AvgIpc) is 3.34. The summed E-state index contributed by atoms with van der Waals surface area (Å²) < 4.78 is 2.31. The number of thiazole rings is 1. The number of carbonyl (C=O) groups excluding carboxylic acids is 1. The van der Waals surface area contributed by atoms with Crippen molar-refractivity contribution in [2.45, 2.75) is 52.0 Å². The molecule has 1 aliphatic rings. The molecule has 0 saturated carbocycles. The molecular weight excluding hydrogens is 366 g/mol. The van der Waals surface area contributed by atoms with Gasteiger partial charge in [-0.3, -0.25) is 4.79 Å². The van der Waals surface area contributed by atoms with Crippen molar-refractivity contribution in [2.75, 3.05) is 6.54 Å². The number of nitrogens with zero attached hydrogens (tertiary/aromatic N) is 2. The van der Waals surface area contributed by atoms with Crippen molar-refractivity contribution in [2.24, 2.45) is 0 Å². The van der Waals surface area contributed by atoms with Crippen molar-refractivity contribution in [3.8, 4) is 10.7 Å². The van der Waals surface area contributed by atoms with Gasteiger partial charge in [0, 0.05) is 29.4 Å². The number of carbonyl (C=O) groups is 1. The summed E-state index contributed by atoms with van der Waals surface area (Å²) in [4.78, 5) is 17.2. The van der Waals surface area contributed by atoms with Crippen molar-refractivity contribution in [3.63, 3.8) is 0 Å². The molecule has 0 bridgehead atoms. The molecule has 0 fully saturated rings. The maximum atomic E-state index is 12.5. The topological polar surface area (TPSA) is 46.9 Å². The Bertz CT molecular complexity index is 998. The van der Waals surface area contributed by atoms with E-state index >= 15 is 0 Å². The highest BCUT2D eigenvalue weighted by Gasteiger charge is 2.16. The van der Waals surface area contributed by atoms with Crippen LogP contribution in [0.2, 0.25) is 0 Å². The van der Waals surface area contributed by atoms with E-state index in [1.807, 2.05) is 5.38 Å². The predicted octanol–water partition coefficient (Wildman–Crippen LogP) is 5.80. The molecule has 0 saturated heterocycles.